The average Bonchev–Trinajstić information content (AvgIpc) is 2.70. The third kappa shape index (κ3) is 3.51. The zero-order valence-electron chi connectivity index (χ0n) is 15.3. The van der Waals surface area contributed by atoms with Crippen LogP contribution in [-0.4, -0.2) is 42.9 Å². The number of likely N-dealkylation sites (tertiary alicyclic amines) is 1. The van der Waals surface area contributed by atoms with Crippen LogP contribution in [-0.2, 0) is 26.2 Å². The van der Waals surface area contributed by atoms with E-state index < -0.39 is 27.5 Å². The number of aromatic nitrogens is 1. The Morgan fingerprint density at radius 3 is 2.45 bits per heavy atom. The molecule has 29 heavy (non-hydrogen) atoms. The van der Waals surface area contributed by atoms with Gasteiger partial charge in [-0.15, -0.1) is 0 Å². The highest BCUT2D eigenvalue weighted by Crippen LogP contribution is 2.35. The predicted octanol–water partition coefficient (Wildman–Crippen LogP) is -0.655. The molecule has 4 rings (SSSR count). The van der Waals surface area contributed by atoms with Crippen LogP contribution >= 0.6 is 0 Å². The van der Waals surface area contributed by atoms with Crippen LogP contribution in [0, 0.1) is 5.92 Å². The molecule has 2 aliphatic rings. The number of carboxylic acid groups (broad SMARTS) is 1. The maximum atomic E-state index is 12.9. The topological polar surface area (TPSA) is 129 Å². The van der Waals surface area contributed by atoms with E-state index in [2.05, 4.69) is 4.72 Å². The number of benzene rings is 1. The standard InChI is InChI=1S/C19H19N3O6S/c23-17-15(20-29(27,28)14-4-2-1-3-5-14)6-7-16-13-8-12(10-22(16)17)9-21(11-13)18(24)19(25)26/h1-7,12-13,20H,8-11H2,(H,25,26)/p-1/t12-,13+/m0/s1. The Bertz CT molecular complexity index is 1140. The first-order valence-corrected chi connectivity index (χ1v) is 10.6. The maximum absolute atomic E-state index is 12.9. The number of carbonyl (C=O) groups excluding carboxylic acids is 2. The molecule has 1 N–H and O–H groups in total. The maximum Gasteiger partial charge on any atom is 0.275 e. The summed E-state index contributed by atoms with van der Waals surface area (Å²) < 4.78 is 28.9. The number of rotatable bonds is 3. The molecule has 0 unspecified atom stereocenters. The Balaban J connectivity index is 1.64. The number of nitrogens with zero attached hydrogens (tertiary/aromatic N) is 2. The summed E-state index contributed by atoms with van der Waals surface area (Å²) in [5.74, 6) is -3.09. The van der Waals surface area contributed by atoms with E-state index in [1.807, 2.05) is 0 Å². The summed E-state index contributed by atoms with van der Waals surface area (Å²) in [7, 11) is -3.90. The number of hydrogen-bond donors (Lipinski definition) is 1. The zero-order chi connectivity index (χ0) is 20.8. The minimum Gasteiger partial charge on any atom is -0.540 e. The lowest BCUT2D eigenvalue weighted by atomic mass is 9.83. The van der Waals surface area contributed by atoms with Gasteiger partial charge in [0.1, 0.15) is 11.7 Å². The average molecular weight is 416 g/mol. The SMILES string of the molecule is O=C([O-])C(=O)N1C[C@@H]2C[C@H](C1)c1ccc(NS(=O)(=O)c3ccccc3)c(=O)n1C2. The summed E-state index contributed by atoms with van der Waals surface area (Å²) in [6.07, 6.45) is 0.728. The predicted molar refractivity (Wildman–Crippen MR) is 100 cm³/mol. The summed E-state index contributed by atoms with van der Waals surface area (Å²) in [6, 6.07) is 10.8. The van der Waals surface area contributed by atoms with Crippen LogP contribution in [0.2, 0.25) is 0 Å². The van der Waals surface area contributed by atoms with Gasteiger partial charge in [-0.05, 0) is 36.6 Å². The van der Waals surface area contributed by atoms with Gasteiger partial charge in [0, 0.05) is 31.2 Å². The molecule has 1 aromatic carbocycles. The minimum atomic E-state index is -3.90. The van der Waals surface area contributed by atoms with E-state index in [9.17, 15) is 27.9 Å². The van der Waals surface area contributed by atoms with Crippen molar-refractivity contribution in [3.63, 3.8) is 0 Å². The van der Waals surface area contributed by atoms with E-state index in [1.54, 1.807) is 24.3 Å². The number of aliphatic carboxylic acids is 1. The van der Waals surface area contributed by atoms with E-state index in [1.165, 1.54) is 27.7 Å². The third-order valence-electron chi connectivity index (χ3n) is 5.36. The number of carbonyl (C=O) groups is 2. The number of hydrogen-bond acceptors (Lipinski definition) is 6. The smallest absolute Gasteiger partial charge is 0.275 e. The van der Waals surface area contributed by atoms with Gasteiger partial charge in [0.2, 0.25) is 0 Å². The molecule has 152 valence electrons. The number of nitrogens with one attached hydrogen (secondary N) is 1. The van der Waals surface area contributed by atoms with Crippen LogP contribution in [0.25, 0.3) is 0 Å². The van der Waals surface area contributed by atoms with Gasteiger partial charge in [0.05, 0.1) is 4.90 Å². The molecule has 9 nitrogen and oxygen atoms in total. The first-order chi connectivity index (χ1) is 13.8. The van der Waals surface area contributed by atoms with Crippen molar-refractivity contribution in [3.8, 4) is 0 Å². The molecule has 3 heterocycles. The molecular formula is C19H18N3O6S-. The molecule has 0 saturated carbocycles. The quantitative estimate of drug-likeness (QED) is 0.662. The molecule has 10 heteroatoms. The van der Waals surface area contributed by atoms with E-state index >= 15 is 0 Å². The van der Waals surface area contributed by atoms with Crippen LogP contribution in [0.1, 0.15) is 18.0 Å². The van der Waals surface area contributed by atoms with Gasteiger partial charge >= 0.3 is 0 Å². The molecule has 0 radical (unpaired) electrons. The van der Waals surface area contributed by atoms with Crippen LogP contribution in [0.3, 0.4) is 0 Å². The van der Waals surface area contributed by atoms with Crippen molar-refractivity contribution in [1.82, 2.24) is 9.47 Å². The summed E-state index contributed by atoms with van der Waals surface area (Å²) in [6.45, 7) is 0.676. The second kappa shape index (κ2) is 7.03. The van der Waals surface area contributed by atoms with Crippen LogP contribution in [0.15, 0.2) is 52.2 Å². The molecule has 2 bridgehead atoms. The molecule has 1 fully saturated rings. The van der Waals surface area contributed by atoms with Gasteiger partial charge in [0.15, 0.2) is 0 Å². The highest BCUT2D eigenvalue weighted by molar-refractivity contribution is 7.92. The number of carboxylic acids is 1. The number of amides is 1. The number of piperidine rings is 1. The first kappa shape index (κ1) is 19.2. The van der Waals surface area contributed by atoms with Crippen molar-refractivity contribution in [2.45, 2.75) is 23.8 Å². The van der Waals surface area contributed by atoms with Gasteiger partial charge in [-0.1, -0.05) is 18.2 Å². The summed E-state index contributed by atoms with van der Waals surface area (Å²) in [5, 5.41) is 10.9. The summed E-state index contributed by atoms with van der Waals surface area (Å²) in [4.78, 5) is 36.9. The molecule has 0 aliphatic carbocycles. The van der Waals surface area contributed by atoms with Gasteiger partial charge in [-0.25, -0.2) is 8.42 Å². The lowest BCUT2D eigenvalue weighted by Gasteiger charge is -2.42. The van der Waals surface area contributed by atoms with Crippen molar-refractivity contribution in [3.05, 3.63) is 58.5 Å². The van der Waals surface area contributed by atoms with Crippen molar-refractivity contribution in [2.75, 3.05) is 17.8 Å². The highest BCUT2D eigenvalue weighted by Gasteiger charge is 2.37. The van der Waals surface area contributed by atoms with E-state index in [4.69, 9.17) is 0 Å². The first-order valence-electron chi connectivity index (χ1n) is 9.08. The van der Waals surface area contributed by atoms with Gasteiger partial charge in [-0.3, -0.25) is 14.3 Å². The summed E-state index contributed by atoms with van der Waals surface area (Å²) in [5.41, 5.74) is 0.140. The largest absolute Gasteiger partial charge is 0.540 e. The lowest BCUT2D eigenvalue weighted by molar-refractivity contribution is -0.302. The van der Waals surface area contributed by atoms with Crippen molar-refractivity contribution in [1.29, 1.82) is 0 Å². The van der Waals surface area contributed by atoms with Crippen LogP contribution in [0.4, 0.5) is 5.69 Å². The number of anilines is 1. The molecule has 1 amide bonds. The van der Waals surface area contributed by atoms with Crippen molar-refractivity contribution < 1.29 is 23.1 Å². The number of pyridine rings is 1. The molecule has 1 aromatic heterocycles. The van der Waals surface area contributed by atoms with Crippen LogP contribution in [0.5, 0.6) is 0 Å². The Kier molecular flexibility index (Phi) is 4.65. The highest BCUT2D eigenvalue weighted by atomic mass is 32.2. The van der Waals surface area contributed by atoms with E-state index in [-0.39, 0.29) is 42.1 Å². The van der Waals surface area contributed by atoms with Crippen molar-refractivity contribution >= 4 is 27.6 Å². The van der Waals surface area contributed by atoms with Gasteiger partial charge in [0.25, 0.3) is 21.5 Å². The molecule has 0 spiro atoms. The molecular weight excluding hydrogens is 398 g/mol. The second-order valence-corrected chi connectivity index (χ2v) is 8.98. The summed E-state index contributed by atoms with van der Waals surface area (Å²) >= 11 is 0. The Morgan fingerprint density at radius 1 is 1.03 bits per heavy atom. The molecule has 2 aliphatic heterocycles. The molecule has 2 atom stereocenters. The normalized spacial score (nSPS) is 20.6. The van der Waals surface area contributed by atoms with Gasteiger partial charge in [-0.2, -0.15) is 0 Å². The van der Waals surface area contributed by atoms with Gasteiger partial charge < -0.3 is 19.4 Å². The lowest BCUT2D eigenvalue weighted by Crippen LogP contribution is -2.53. The number of sulfonamides is 1. The minimum absolute atomic E-state index is 0.0513. The fourth-order valence-corrected chi connectivity index (χ4v) is 5.20. The zero-order valence-corrected chi connectivity index (χ0v) is 16.1. The van der Waals surface area contributed by atoms with E-state index in [0.717, 1.165) is 6.42 Å². The monoisotopic (exact) mass is 416 g/mol. The number of fused-ring (bicyclic) bond motifs is 4. The fraction of sp³-hybridized carbons (Fsp3) is 0.316. The molecule has 2 aromatic rings. The Hall–Kier alpha value is -3.14. The Morgan fingerprint density at radius 2 is 1.76 bits per heavy atom. The van der Waals surface area contributed by atoms with Crippen molar-refractivity contribution in [2.24, 2.45) is 5.92 Å². The second-order valence-electron chi connectivity index (χ2n) is 7.30. The third-order valence-corrected chi connectivity index (χ3v) is 6.75. The fourth-order valence-electron chi connectivity index (χ4n) is 4.12. The molecule has 1 saturated heterocycles. The Labute approximate surface area is 166 Å². The van der Waals surface area contributed by atoms with E-state index in [0.29, 0.717) is 5.69 Å². The van der Waals surface area contributed by atoms with Crippen LogP contribution < -0.4 is 15.4 Å².